The predicted octanol–water partition coefficient (Wildman–Crippen LogP) is 5.48. The van der Waals surface area contributed by atoms with Gasteiger partial charge in [-0.25, -0.2) is 0 Å². The molecule has 0 heterocycles. The first-order valence-corrected chi connectivity index (χ1v) is 9.94. The lowest BCUT2D eigenvalue weighted by Gasteiger charge is -2.42. The van der Waals surface area contributed by atoms with Gasteiger partial charge < -0.3 is 9.84 Å². The van der Waals surface area contributed by atoms with Crippen molar-refractivity contribution in [1.82, 2.24) is 0 Å². The third-order valence-corrected chi connectivity index (χ3v) is 6.01. The molecule has 0 spiro atoms. The number of unbranched alkanes of at least 4 members (excludes halogenated alkanes) is 1. The van der Waals surface area contributed by atoms with Crippen molar-refractivity contribution in [3.8, 4) is 11.5 Å². The Kier molecular flexibility index (Phi) is 3.97. The lowest BCUT2D eigenvalue weighted by molar-refractivity contribution is -0.134. The number of rotatable bonds is 4. The molecule has 3 aromatic rings. The molecule has 3 aromatic carbocycles. The number of carbonyl (C=O) groups is 1. The quantitative estimate of drug-likeness (QED) is 0.337. The van der Waals surface area contributed by atoms with Gasteiger partial charge in [0.25, 0.3) is 0 Å². The Labute approximate surface area is 164 Å². The largest absolute Gasteiger partial charge is 0.504 e. The molecule has 0 saturated carbocycles. The van der Waals surface area contributed by atoms with Crippen LogP contribution in [0.1, 0.15) is 71.4 Å². The summed E-state index contributed by atoms with van der Waals surface area (Å²) in [6.45, 7) is 2.04. The summed E-state index contributed by atoms with van der Waals surface area (Å²) in [6, 6.07) is 20.7. The molecule has 3 nitrogen and oxygen atoms in total. The van der Waals surface area contributed by atoms with E-state index in [1.165, 1.54) is 22.3 Å². The SMILES string of the molecule is CCCCC(=O)Oc1ccc2c(c1O)C1c3ccccc3C2c2ccccc21. The monoisotopic (exact) mass is 370 g/mol. The van der Waals surface area contributed by atoms with Gasteiger partial charge in [-0.15, -0.1) is 0 Å². The number of phenolic OH excluding ortho intramolecular Hbond substituents is 1. The smallest absolute Gasteiger partial charge is 0.311 e. The van der Waals surface area contributed by atoms with Crippen molar-refractivity contribution >= 4 is 5.97 Å². The van der Waals surface area contributed by atoms with Crippen LogP contribution in [0.15, 0.2) is 60.7 Å². The molecule has 0 aromatic heterocycles. The van der Waals surface area contributed by atoms with E-state index in [-0.39, 0.29) is 29.3 Å². The molecule has 1 N–H and O–H groups in total. The highest BCUT2D eigenvalue weighted by Crippen LogP contribution is 2.58. The predicted molar refractivity (Wildman–Crippen MR) is 108 cm³/mol. The fraction of sp³-hybridized carbons (Fsp3) is 0.240. The van der Waals surface area contributed by atoms with Crippen molar-refractivity contribution < 1.29 is 14.6 Å². The van der Waals surface area contributed by atoms with Gasteiger partial charge in [0.05, 0.1) is 0 Å². The first-order chi connectivity index (χ1) is 13.7. The molecule has 6 rings (SSSR count). The first-order valence-electron chi connectivity index (χ1n) is 9.94. The second-order valence-corrected chi connectivity index (χ2v) is 7.62. The maximum Gasteiger partial charge on any atom is 0.311 e. The minimum absolute atomic E-state index is 0.0401. The van der Waals surface area contributed by atoms with E-state index in [0.29, 0.717) is 6.42 Å². The van der Waals surface area contributed by atoms with Crippen LogP contribution in [0.25, 0.3) is 0 Å². The molecule has 0 radical (unpaired) electrons. The number of carbonyl (C=O) groups excluding carboxylic acids is 1. The van der Waals surface area contributed by atoms with Crippen molar-refractivity contribution in [1.29, 1.82) is 0 Å². The van der Waals surface area contributed by atoms with Crippen LogP contribution in [-0.4, -0.2) is 11.1 Å². The summed E-state index contributed by atoms with van der Waals surface area (Å²) in [5.41, 5.74) is 7.03. The van der Waals surface area contributed by atoms with Crippen LogP contribution < -0.4 is 4.74 Å². The van der Waals surface area contributed by atoms with Gasteiger partial charge >= 0.3 is 5.97 Å². The number of hydrogen-bond acceptors (Lipinski definition) is 3. The number of ether oxygens (including phenoxy) is 1. The van der Waals surface area contributed by atoms with Gasteiger partial charge in [-0.05, 0) is 40.3 Å². The molecule has 3 aliphatic rings. The molecular formula is C25H22O3. The van der Waals surface area contributed by atoms with E-state index in [0.717, 1.165) is 24.0 Å². The van der Waals surface area contributed by atoms with Gasteiger partial charge in [0.2, 0.25) is 0 Å². The van der Waals surface area contributed by atoms with Crippen LogP contribution in [-0.2, 0) is 4.79 Å². The lowest BCUT2D eigenvalue weighted by atomic mass is 9.61. The zero-order valence-electron chi connectivity index (χ0n) is 15.8. The first kappa shape index (κ1) is 17.1. The molecule has 3 aliphatic carbocycles. The van der Waals surface area contributed by atoms with Crippen LogP contribution in [0.5, 0.6) is 11.5 Å². The van der Waals surface area contributed by atoms with E-state index < -0.39 is 0 Å². The van der Waals surface area contributed by atoms with Crippen molar-refractivity contribution in [2.75, 3.05) is 0 Å². The van der Waals surface area contributed by atoms with Crippen molar-refractivity contribution in [3.05, 3.63) is 94.0 Å². The Morgan fingerprint density at radius 3 is 2.00 bits per heavy atom. The Morgan fingerprint density at radius 2 is 1.43 bits per heavy atom. The van der Waals surface area contributed by atoms with E-state index in [2.05, 4.69) is 36.4 Å². The van der Waals surface area contributed by atoms with Gasteiger partial charge in [0, 0.05) is 23.8 Å². The van der Waals surface area contributed by atoms with Crippen LogP contribution >= 0.6 is 0 Å². The fourth-order valence-electron chi connectivity index (χ4n) is 4.79. The number of hydrogen-bond donors (Lipinski definition) is 1. The Morgan fingerprint density at radius 1 is 0.857 bits per heavy atom. The minimum atomic E-state index is -0.293. The van der Waals surface area contributed by atoms with E-state index in [4.69, 9.17) is 4.74 Å². The molecule has 0 amide bonds. The number of aromatic hydroxyl groups is 1. The summed E-state index contributed by atoms with van der Waals surface area (Å²) in [6.07, 6.45) is 2.09. The summed E-state index contributed by atoms with van der Waals surface area (Å²) in [5, 5.41) is 11.1. The van der Waals surface area contributed by atoms with Gasteiger partial charge in [-0.2, -0.15) is 0 Å². The summed E-state index contributed by atoms with van der Waals surface area (Å²) in [7, 11) is 0. The van der Waals surface area contributed by atoms with Gasteiger partial charge in [0.15, 0.2) is 11.5 Å². The van der Waals surface area contributed by atoms with E-state index >= 15 is 0 Å². The van der Waals surface area contributed by atoms with Gasteiger partial charge in [-0.1, -0.05) is 67.9 Å². The summed E-state index contributed by atoms with van der Waals surface area (Å²) in [5.74, 6) is 0.132. The standard InChI is InChI=1S/C25H22O3/c1-2-3-12-21(26)28-20-14-13-19-22-15-8-4-6-10-17(15)23(24(19)25(20)27)18-11-7-5-9-16(18)22/h4-11,13-14,22-23,27H,2-3,12H2,1H3. The highest BCUT2D eigenvalue weighted by molar-refractivity contribution is 5.76. The summed E-state index contributed by atoms with van der Waals surface area (Å²) < 4.78 is 5.51. The molecule has 0 unspecified atom stereocenters. The molecule has 2 bridgehead atoms. The highest BCUT2D eigenvalue weighted by atomic mass is 16.5. The van der Waals surface area contributed by atoms with Crippen LogP contribution in [0.4, 0.5) is 0 Å². The number of benzene rings is 3. The second-order valence-electron chi connectivity index (χ2n) is 7.62. The minimum Gasteiger partial charge on any atom is -0.504 e. The van der Waals surface area contributed by atoms with Crippen LogP contribution in [0.2, 0.25) is 0 Å². The van der Waals surface area contributed by atoms with E-state index in [1.807, 2.05) is 25.1 Å². The second kappa shape index (κ2) is 6.52. The fourth-order valence-corrected chi connectivity index (χ4v) is 4.79. The summed E-state index contributed by atoms with van der Waals surface area (Å²) >= 11 is 0. The topological polar surface area (TPSA) is 46.5 Å². The Bertz CT molecular complexity index is 1040. The van der Waals surface area contributed by atoms with Crippen molar-refractivity contribution in [3.63, 3.8) is 0 Å². The maximum atomic E-state index is 12.1. The van der Waals surface area contributed by atoms with Gasteiger partial charge in [0.1, 0.15) is 0 Å². The number of phenols is 1. The average molecular weight is 370 g/mol. The zero-order chi connectivity index (χ0) is 19.3. The van der Waals surface area contributed by atoms with Gasteiger partial charge in [-0.3, -0.25) is 4.79 Å². The van der Waals surface area contributed by atoms with E-state index in [9.17, 15) is 9.90 Å². The zero-order valence-corrected chi connectivity index (χ0v) is 15.8. The molecule has 28 heavy (non-hydrogen) atoms. The van der Waals surface area contributed by atoms with Crippen molar-refractivity contribution in [2.24, 2.45) is 0 Å². The number of esters is 1. The Hall–Kier alpha value is -3.07. The molecule has 0 saturated heterocycles. The normalized spacial score (nSPS) is 18.2. The highest BCUT2D eigenvalue weighted by Gasteiger charge is 2.43. The molecular weight excluding hydrogens is 348 g/mol. The average Bonchev–Trinajstić information content (AvgIpc) is 2.74. The third-order valence-electron chi connectivity index (χ3n) is 6.01. The molecule has 140 valence electrons. The molecule has 0 fully saturated rings. The summed E-state index contributed by atoms with van der Waals surface area (Å²) in [4.78, 5) is 12.1. The molecule has 3 heteroatoms. The van der Waals surface area contributed by atoms with Crippen molar-refractivity contribution in [2.45, 2.75) is 38.0 Å². The molecule has 0 atom stereocenters. The maximum absolute atomic E-state index is 12.1. The Balaban J connectivity index is 1.65. The van der Waals surface area contributed by atoms with E-state index in [1.54, 1.807) is 6.07 Å². The lowest BCUT2D eigenvalue weighted by Crippen LogP contribution is -2.27. The molecule has 0 aliphatic heterocycles. The third kappa shape index (κ3) is 2.39. The van der Waals surface area contributed by atoms with Crippen LogP contribution in [0.3, 0.4) is 0 Å². The van der Waals surface area contributed by atoms with Crippen LogP contribution in [0, 0.1) is 0 Å².